The summed E-state index contributed by atoms with van der Waals surface area (Å²) in [6.07, 6.45) is 0. The third-order valence-corrected chi connectivity index (χ3v) is 3.51. The molecule has 2 aromatic carbocycles. The van der Waals surface area contributed by atoms with Gasteiger partial charge in [-0.1, -0.05) is 31.2 Å². The predicted molar refractivity (Wildman–Crippen MR) is 99.9 cm³/mol. The molecule has 0 atom stereocenters. The van der Waals surface area contributed by atoms with E-state index in [-0.39, 0.29) is 26.1 Å². The number of carbonyl (C=O) groups excluding carboxylic acids is 1. The van der Waals surface area contributed by atoms with Gasteiger partial charge in [-0.05, 0) is 17.7 Å². The number of hydrogen-bond donors (Lipinski definition) is 1. The first-order valence-electron chi connectivity index (χ1n) is 7.41. The summed E-state index contributed by atoms with van der Waals surface area (Å²) in [5.41, 5.74) is -0.345. The Balaban J connectivity index is 0.00000364. The first-order chi connectivity index (χ1) is 12.4. The maximum absolute atomic E-state index is 12.0. The molecule has 0 heterocycles. The van der Waals surface area contributed by atoms with Crippen LogP contribution in [0, 0.1) is 20.2 Å². The molecule has 1 N–H and O–H groups in total. The second-order valence-electron chi connectivity index (χ2n) is 5.19. The Morgan fingerprint density at radius 1 is 1.07 bits per heavy atom. The highest BCUT2D eigenvalue weighted by molar-refractivity contribution is 6.30. The topological polar surface area (TPSA) is 125 Å². The minimum Gasteiger partial charge on any atom is -0.375 e. The van der Waals surface area contributed by atoms with E-state index >= 15 is 0 Å². The summed E-state index contributed by atoms with van der Waals surface area (Å²) in [5.74, 6) is -0.664. The standard InChI is InChI=1S/C16H14ClN3O6.CH4/c17-13-3-1-2-11(6-13)10-26-5-4-18-16(21)12-7-14(19(22)23)9-15(8-12)20(24)25;/h1-3,6-9H,4-5,10H2,(H,18,21);1H4. The van der Waals surface area contributed by atoms with Crippen LogP contribution in [0.2, 0.25) is 5.02 Å². The number of ether oxygens (including phenoxy) is 1. The lowest BCUT2D eigenvalue weighted by atomic mass is 10.1. The lowest BCUT2D eigenvalue weighted by Gasteiger charge is -2.07. The van der Waals surface area contributed by atoms with Gasteiger partial charge in [0.15, 0.2) is 0 Å². The van der Waals surface area contributed by atoms with Crippen LogP contribution in [-0.4, -0.2) is 28.9 Å². The molecule has 0 aliphatic heterocycles. The van der Waals surface area contributed by atoms with Crippen LogP contribution >= 0.6 is 11.6 Å². The number of hydrogen-bond acceptors (Lipinski definition) is 6. The van der Waals surface area contributed by atoms with E-state index in [2.05, 4.69) is 5.32 Å². The fourth-order valence-electron chi connectivity index (χ4n) is 2.09. The molecule has 0 saturated heterocycles. The average molecular weight is 396 g/mol. The zero-order chi connectivity index (χ0) is 19.1. The molecule has 10 heteroatoms. The number of nitrogens with zero attached hydrogens (tertiary/aromatic N) is 2. The van der Waals surface area contributed by atoms with Crippen LogP contribution in [0.4, 0.5) is 11.4 Å². The second-order valence-corrected chi connectivity index (χ2v) is 5.63. The minimum atomic E-state index is -0.794. The van der Waals surface area contributed by atoms with Crippen LogP contribution in [0.3, 0.4) is 0 Å². The highest BCUT2D eigenvalue weighted by atomic mass is 35.5. The Morgan fingerprint density at radius 3 is 2.26 bits per heavy atom. The summed E-state index contributed by atoms with van der Waals surface area (Å²) in [5, 5.41) is 24.7. The molecule has 0 spiro atoms. The van der Waals surface area contributed by atoms with Crippen LogP contribution < -0.4 is 5.32 Å². The van der Waals surface area contributed by atoms with Gasteiger partial charge in [0, 0.05) is 23.7 Å². The molecular formula is C17H18ClN3O6. The Bertz CT molecular complexity index is 811. The van der Waals surface area contributed by atoms with Gasteiger partial charge in [-0.3, -0.25) is 25.0 Å². The van der Waals surface area contributed by atoms with Gasteiger partial charge in [0.1, 0.15) is 0 Å². The molecule has 0 radical (unpaired) electrons. The van der Waals surface area contributed by atoms with Gasteiger partial charge in [-0.15, -0.1) is 0 Å². The van der Waals surface area contributed by atoms with E-state index in [0.29, 0.717) is 11.6 Å². The second kappa shape index (κ2) is 10.2. The van der Waals surface area contributed by atoms with E-state index in [0.717, 1.165) is 23.8 Å². The molecule has 1 amide bonds. The summed E-state index contributed by atoms with van der Waals surface area (Å²) in [6, 6.07) is 9.88. The summed E-state index contributed by atoms with van der Waals surface area (Å²) >= 11 is 5.86. The smallest absolute Gasteiger partial charge is 0.277 e. The van der Waals surface area contributed by atoms with Gasteiger partial charge in [0.25, 0.3) is 17.3 Å². The average Bonchev–Trinajstić information content (AvgIpc) is 2.60. The van der Waals surface area contributed by atoms with Crippen LogP contribution in [-0.2, 0) is 11.3 Å². The molecule has 0 unspecified atom stereocenters. The minimum absolute atomic E-state index is 0. The Morgan fingerprint density at radius 2 is 1.70 bits per heavy atom. The van der Waals surface area contributed by atoms with Crippen LogP contribution in [0.25, 0.3) is 0 Å². The monoisotopic (exact) mass is 395 g/mol. The van der Waals surface area contributed by atoms with E-state index < -0.39 is 27.1 Å². The van der Waals surface area contributed by atoms with E-state index in [4.69, 9.17) is 16.3 Å². The summed E-state index contributed by atoms with van der Waals surface area (Å²) in [6.45, 7) is 0.629. The quantitative estimate of drug-likeness (QED) is 0.412. The van der Waals surface area contributed by atoms with Gasteiger partial charge in [-0.2, -0.15) is 0 Å². The van der Waals surface area contributed by atoms with Gasteiger partial charge < -0.3 is 10.1 Å². The van der Waals surface area contributed by atoms with Crippen molar-refractivity contribution >= 4 is 28.9 Å². The number of nitro benzene ring substituents is 2. The molecule has 0 aliphatic carbocycles. The maximum atomic E-state index is 12.0. The molecule has 0 saturated carbocycles. The third-order valence-electron chi connectivity index (χ3n) is 3.28. The number of carbonyl (C=O) groups is 1. The molecule has 144 valence electrons. The number of nitrogens with one attached hydrogen (secondary N) is 1. The summed E-state index contributed by atoms with van der Waals surface area (Å²) in [7, 11) is 0. The number of amides is 1. The first-order valence-corrected chi connectivity index (χ1v) is 7.79. The van der Waals surface area contributed by atoms with E-state index in [9.17, 15) is 25.0 Å². The number of rotatable bonds is 8. The molecule has 0 bridgehead atoms. The summed E-state index contributed by atoms with van der Waals surface area (Å²) < 4.78 is 5.40. The van der Waals surface area contributed by atoms with Crippen LogP contribution in [0.1, 0.15) is 23.3 Å². The van der Waals surface area contributed by atoms with Gasteiger partial charge in [0.2, 0.25) is 0 Å². The van der Waals surface area contributed by atoms with Gasteiger partial charge >= 0.3 is 0 Å². The molecule has 2 aromatic rings. The van der Waals surface area contributed by atoms with Crippen molar-refractivity contribution in [2.75, 3.05) is 13.2 Å². The fraction of sp³-hybridized carbons (Fsp3) is 0.235. The number of benzene rings is 2. The maximum Gasteiger partial charge on any atom is 0.277 e. The van der Waals surface area contributed by atoms with Gasteiger partial charge in [0.05, 0.1) is 34.7 Å². The van der Waals surface area contributed by atoms with Crippen LogP contribution in [0.15, 0.2) is 42.5 Å². The SMILES string of the molecule is C.O=C(NCCOCc1cccc(Cl)c1)c1cc([N+](=O)[O-])cc([N+](=O)[O-])c1. The fourth-order valence-corrected chi connectivity index (χ4v) is 2.31. The Hall–Kier alpha value is -3.04. The van der Waals surface area contributed by atoms with Crippen molar-refractivity contribution in [2.24, 2.45) is 0 Å². The largest absolute Gasteiger partial charge is 0.375 e. The van der Waals surface area contributed by atoms with E-state index in [1.165, 1.54) is 0 Å². The Kier molecular flexibility index (Phi) is 8.31. The number of halogens is 1. The van der Waals surface area contributed by atoms with Crippen LogP contribution in [0.5, 0.6) is 0 Å². The number of non-ortho nitro benzene ring substituents is 2. The molecule has 0 aromatic heterocycles. The lowest BCUT2D eigenvalue weighted by Crippen LogP contribution is -2.27. The van der Waals surface area contributed by atoms with E-state index in [1.807, 2.05) is 6.07 Å². The van der Waals surface area contributed by atoms with Crippen molar-refractivity contribution in [3.63, 3.8) is 0 Å². The predicted octanol–water partition coefficient (Wildman–Crippen LogP) is 3.74. The molecule has 27 heavy (non-hydrogen) atoms. The molecule has 0 aliphatic rings. The summed E-state index contributed by atoms with van der Waals surface area (Å²) in [4.78, 5) is 32.1. The van der Waals surface area contributed by atoms with Gasteiger partial charge in [-0.25, -0.2) is 0 Å². The third kappa shape index (κ3) is 6.65. The highest BCUT2D eigenvalue weighted by Crippen LogP contribution is 2.22. The Labute approximate surface area is 160 Å². The molecule has 0 fully saturated rings. The van der Waals surface area contributed by atoms with Crippen molar-refractivity contribution < 1.29 is 19.4 Å². The van der Waals surface area contributed by atoms with Crippen molar-refractivity contribution in [3.8, 4) is 0 Å². The zero-order valence-electron chi connectivity index (χ0n) is 13.4. The van der Waals surface area contributed by atoms with Crippen molar-refractivity contribution in [3.05, 3.63) is 78.8 Å². The normalized spacial score (nSPS) is 9.96. The van der Waals surface area contributed by atoms with Crippen molar-refractivity contribution in [1.29, 1.82) is 0 Å². The molecule has 9 nitrogen and oxygen atoms in total. The highest BCUT2D eigenvalue weighted by Gasteiger charge is 2.19. The number of nitro groups is 2. The molecular weight excluding hydrogens is 378 g/mol. The first kappa shape index (κ1) is 22.0. The zero-order valence-corrected chi connectivity index (χ0v) is 14.1. The lowest BCUT2D eigenvalue weighted by molar-refractivity contribution is -0.394. The molecule has 2 rings (SSSR count). The van der Waals surface area contributed by atoms with Crippen molar-refractivity contribution in [2.45, 2.75) is 14.0 Å². The van der Waals surface area contributed by atoms with Crippen molar-refractivity contribution in [1.82, 2.24) is 5.32 Å². The van der Waals surface area contributed by atoms with E-state index in [1.54, 1.807) is 18.2 Å².